The Hall–Kier alpha value is -1.56. The maximum atomic E-state index is 12.5. The Kier molecular flexibility index (Phi) is 3.56. The molecule has 1 aliphatic heterocycles. The van der Waals surface area contributed by atoms with Gasteiger partial charge in [0.15, 0.2) is 0 Å². The molecule has 18 heavy (non-hydrogen) atoms. The van der Waals surface area contributed by atoms with Gasteiger partial charge in [-0.25, -0.2) is 0 Å². The molecule has 0 bridgehead atoms. The highest BCUT2D eigenvalue weighted by Crippen LogP contribution is 2.19. The Morgan fingerprint density at radius 3 is 3.00 bits per heavy atom. The van der Waals surface area contributed by atoms with Gasteiger partial charge >= 0.3 is 0 Å². The molecule has 1 saturated heterocycles. The van der Waals surface area contributed by atoms with Crippen molar-refractivity contribution in [1.29, 1.82) is 0 Å². The van der Waals surface area contributed by atoms with Gasteiger partial charge < -0.3 is 15.4 Å². The first-order chi connectivity index (χ1) is 8.54. The number of nitrogens with two attached hydrogens (primary N) is 1. The summed E-state index contributed by atoms with van der Waals surface area (Å²) in [5.74, 6) is -0.0606. The van der Waals surface area contributed by atoms with Crippen LogP contribution in [0.3, 0.4) is 0 Å². The van der Waals surface area contributed by atoms with Crippen molar-refractivity contribution >= 4 is 11.6 Å². The minimum atomic E-state index is -0.0606. The topological polar surface area (TPSA) is 73.4 Å². The van der Waals surface area contributed by atoms with Gasteiger partial charge in [0.25, 0.3) is 5.91 Å². The van der Waals surface area contributed by atoms with E-state index in [0.717, 1.165) is 0 Å². The van der Waals surface area contributed by atoms with Gasteiger partial charge in [-0.15, -0.1) is 0 Å². The van der Waals surface area contributed by atoms with Gasteiger partial charge in [-0.05, 0) is 20.8 Å². The van der Waals surface area contributed by atoms with Crippen molar-refractivity contribution in [3.8, 4) is 0 Å². The summed E-state index contributed by atoms with van der Waals surface area (Å²) < 4.78 is 7.17. The molecule has 0 aromatic carbocycles. The summed E-state index contributed by atoms with van der Waals surface area (Å²) in [4.78, 5) is 14.4. The Morgan fingerprint density at radius 2 is 2.33 bits per heavy atom. The van der Waals surface area contributed by atoms with E-state index in [0.29, 0.717) is 31.1 Å². The van der Waals surface area contributed by atoms with E-state index < -0.39 is 0 Å². The second kappa shape index (κ2) is 4.97. The number of rotatable bonds is 2. The monoisotopic (exact) mass is 252 g/mol. The molecule has 0 aliphatic carbocycles. The first-order valence-corrected chi connectivity index (χ1v) is 6.28. The van der Waals surface area contributed by atoms with Crippen LogP contribution in [0.25, 0.3) is 0 Å². The van der Waals surface area contributed by atoms with E-state index in [2.05, 4.69) is 5.10 Å². The molecule has 2 N–H and O–H groups in total. The van der Waals surface area contributed by atoms with Crippen molar-refractivity contribution in [2.45, 2.75) is 39.5 Å². The number of morpholine rings is 1. The highest BCUT2D eigenvalue weighted by atomic mass is 16.5. The molecule has 1 amide bonds. The summed E-state index contributed by atoms with van der Waals surface area (Å²) in [5.41, 5.74) is 6.77. The van der Waals surface area contributed by atoms with Crippen LogP contribution in [0, 0.1) is 0 Å². The number of hydrogen-bond donors (Lipinski definition) is 1. The van der Waals surface area contributed by atoms with Crippen LogP contribution in [0.5, 0.6) is 0 Å². The Labute approximate surface area is 107 Å². The molecule has 6 heteroatoms. The Bertz CT molecular complexity index is 443. The van der Waals surface area contributed by atoms with E-state index in [1.807, 2.05) is 25.7 Å². The maximum absolute atomic E-state index is 12.5. The van der Waals surface area contributed by atoms with Crippen molar-refractivity contribution in [2.24, 2.45) is 0 Å². The second-order valence-electron chi connectivity index (χ2n) is 4.71. The third-order valence-electron chi connectivity index (χ3n) is 3.24. The average molecular weight is 252 g/mol. The van der Waals surface area contributed by atoms with Crippen molar-refractivity contribution in [1.82, 2.24) is 14.7 Å². The highest BCUT2D eigenvalue weighted by Gasteiger charge is 2.31. The number of ether oxygens (including phenoxy) is 1. The van der Waals surface area contributed by atoms with E-state index >= 15 is 0 Å². The molecule has 2 heterocycles. The van der Waals surface area contributed by atoms with E-state index in [1.54, 1.807) is 4.68 Å². The van der Waals surface area contributed by atoms with Crippen molar-refractivity contribution < 1.29 is 9.53 Å². The van der Waals surface area contributed by atoms with Gasteiger partial charge in [0, 0.05) is 13.1 Å². The lowest BCUT2D eigenvalue weighted by atomic mass is 10.2. The summed E-state index contributed by atoms with van der Waals surface area (Å²) in [6.45, 7) is 7.67. The predicted octanol–water partition coefficient (Wildman–Crippen LogP) is 0.735. The largest absolute Gasteiger partial charge is 0.396 e. The smallest absolute Gasteiger partial charge is 0.274 e. The Balaban J connectivity index is 2.27. The van der Waals surface area contributed by atoms with Crippen LogP contribution < -0.4 is 5.73 Å². The quantitative estimate of drug-likeness (QED) is 0.842. The van der Waals surface area contributed by atoms with Crippen LogP contribution in [0.15, 0.2) is 6.20 Å². The summed E-state index contributed by atoms with van der Waals surface area (Å²) in [7, 11) is 0. The fourth-order valence-corrected chi connectivity index (χ4v) is 2.20. The SMILES string of the molecule is CCn1ncc(N)c1C(=O)N1CC(C)OCC1C. The van der Waals surface area contributed by atoms with Crippen LogP contribution in [-0.4, -0.2) is 45.9 Å². The second-order valence-corrected chi connectivity index (χ2v) is 4.71. The lowest BCUT2D eigenvalue weighted by Gasteiger charge is -2.36. The van der Waals surface area contributed by atoms with Crippen LogP contribution in [-0.2, 0) is 11.3 Å². The van der Waals surface area contributed by atoms with Crippen LogP contribution >= 0.6 is 0 Å². The van der Waals surface area contributed by atoms with Crippen molar-refractivity contribution in [3.05, 3.63) is 11.9 Å². The molecule has 2 rings (SSSR count). The van der Waals surface area contributed by atoms with Crippen LogP contribution in [0.1, 0.15) is 31.3 Å². The molecule has 6 nitrogen and oxygen atoms in total. The number of anilines is 1. The van der Waals surface area contributed by atoms with Crippen molar-refractivity contribution in [3.63, 3.8) is 0 Å². The summed E-state index contributed by atoms with van der Waals surface area (Å²) in [6.07, 6.45) is 1.59. The van der Waals surface area contributed by atoms with Gasteiger partial charge in [0.05, 0.1) is 30.6 Å². The predicted molar refractivity (Wildman–Crippen MR) is 68.2 cm³/mol. The molecule has 1 fully saturated rings. The average Bonchev–Trinajstić information content (AvgIpc) is 2.72. The van der Waals surface area contributed by atoms with E-state index in [9.17, 15) is 4.79 Å². The first-order valence-electron chi connectivity index (χ1n) is 6.28. The van der Waals surface area contributed by atoms with Gasteiger partial charge in [-0.3, -0.25) is 9.48 Å². The first kappa shape index (κ1) is 12.9. The zero-order valence-electron chi connectivity index (χ0n) is 11.1. The molecule has 1 aromatic heterocycles. The number of aryl methyl sites for hydroxylation is 1. The number of carbonyl (C=O) groups is 1. The zero-order valence-corrected chi connectivity index (χ0v) is 11.1. The van der Waals surface area contributed by atoms with Crippen LogP contribution in [0.4, 0.5) is 5.69 Å². The summed E-state index contributed by atoms with van der Waals surface area (Å²) >= 11 is 0. The minimum absolute atomic E-state index is 0.0596. The van der Waals surface area contributed by atoms with Gasteiger partial charge in [-0.2, -0.15) is 5.10 Å². The molecule has 100 valence electrons. The van der Waals surface area contributed by atoms with E-state index in [4.69, 9.17) is 10.5 Å². The normalized spacial score (nSPS) is 24.3. The third-order valence-corrected chi connectivity index (χ3v) is 3.24. The molecule has 0 radical (unpaired) electrons. The number of carbonyl (C=O) groups excluding carboxylic acids is 1. The number of aromatic nitrogens is 2. The standard InChI is InChI=1S/C12H20N4O2/c1-4-16-11(10(13)5-14-16)12(17)15-6-9(3)18-7-8(15)2/h5,8-9H,4,6-7,13H2,1-3H3. The van der Waals surface area contributed by atoms with E-state index in [1.165, 1.54) is 6.20 Å². The van der Waals surface area contributed by atoms with Crippen molar-refractivity contribution in [2.75, 3.05) is 18.9 Å². The molecule has 2 atom stereocenters. The fraction of sp³-hybridized carbons (Fsp3) is 0.667. The zero-order chi connectivity index (χ0) is 13.3. The molecular formula is C12H20N4O2. The highest BCUT2D eigenvalue weighted by molar-refractivity contribution is 5.97. The number of hydrogen-bond acceptors (Lipinski definition) is 4. The number of amides is 1. The third kappa shape index (κ3) is 2.20. The van der Waals surface area contributed by atoms with Crippen LogP contribution in [0.2, 0.25) is 0 Å². The molecular weight excluding hydrogens is 232 g/mol. The van der Waals surface area contributed by atoms with Gasteiger partial charge in [0.2, 0.25) is 0 Å². The lowest BCUT2D eigenvalue weighted by molar-refractivity contribution is -0.0390. The Morgan fingerprint density at radius 1 is 1.61 bits per heavy atom. The minimum Gasteiger partial charge on any atom is -0.396 e. The number of nitrogen functional groups attached to an aromatic ring is 1. The number of nitrogens with zero attached hydrogens (tertiary/aromatic N) is 3. The molecule has 1 aliphatic rings. The van der Waals surface area contributed by atoms with Gasteiger partial charge in [0.1, 0.15) is 5.69 Å². The molecule has 0 saturated carbocycles. The molecule has 1 aromatic rings. The lowest BCUT2D eigenvalue weighted by Crippen LogP contribution is -2.50. The summed E-state index contributed by atoms with van der Waals surface area (Å²) in [5, 5.41) is 4.11. The fourth-order valence-electron chi connectivity index (χ4n) is 2.20. The van der Waals surface area contributed by atoms with Gasteiger partial charge in [-0.1, -0.05) is 0 Å². The maximum Gasteiger partial charge on any atom is 0.274 e. The summed E-state index contributed by atoms with van der Waals surface area (Å²) in [6, 6.07) is 0.0632. The molecule has 0 spiro atoms. The molecule has 2 unspecified atom stereocenters. The van der Waals surface area contributed by atoms with E-state index in [-0.39, 0.29) is 18.1 Å².